The Hall–Kier alpha value is -1.82. The summed E-state index contributed by atoms with van der Waals surface area (Å²) in [6.07, 6.45) is 2.20. The van der Waals surface area contributed by atoms with Gasteiger partial charge in [-0.25, -0.2) is 0 Å². The summed E-state index contributed by atoms with van der Waals surface area (Å²) in [5.74, 6) is 0. The number of fused-ring (bicyclic) bond motifs is 1. The summed E-state index contributed by atoms with van der Waals surface area (Å²) in [5, 5.41) is 0. The first kappa shape index (κ1) is 10.3. The van der Waals surface area contributed by atoms with Crippen LogP contribution in [0.15, 0.2) is 54.6 Å². The first-order valence-corrected chi connectivity index (χ1v) is 6.26. The van der Waals surface area contributed by atoms with Crippen molar-refractivity contribution in [1.29, 1.82) is 0 Å². The van der Waals surface area contributed by atoms with Gasteiger partial charge in [0.2, 0.25) is 0 Å². The van der Waals surface area contributed by atoms with Gasteiger partial charge in [0.15, 0.2) is 0 Å². The van der Waals surface area contributed by atoms with Gasteiger partial charge in [-0.05, 0) is 40.7 Å². The van der Waals surface area contributed by atoms with E-state index in [1.807, 2.05) is 0 Å². The Labute approximate surface area is 103 Å². The van der Waals surface area contributed by atoms with Gasteiger partial charge in [-0.15, -0.1) is 0 Å². The van der Waals surface area contributed by atoms with Crippen molar-refractivity contribution in [3.8, 4) is 0 Å². The van der Waals surface area contributed by atoms with Gasteiger partial charge in [0.1, 0.15) is 0 Å². The molecule has 2 aromatic carbocycles. The van der Waals surface area contributed by atoms with Gasteiger partial charge in [0.05, 0.1) is 0 Å². The lowest BCUT2D eigenvalue weighted by molar-refractivity contribution is 1.25. The SMILES string of the molecule is CCC1=C(c2ccccc2)Cc2ccccc21. The number of allylic oxidation sites excluding steroid dienone is 2. The Kier molecular flexibility index (Phi) is 2.56. The summed E-state index contributed by atoms with van der Waals surface area (Å²) in [6.45, 7) is 2.25. The summed E-state index contributed by atoms with van der Waals surface area (Å²) in [5.41, 5.74) is 7.33. The number of benzene rings is 2. The Morgan fingerprint density at radius 1 is 0.882 bits per heavy atom. The third-order valence-corrected chi connectivity index (χ3v) is 3.55. The molecule has 84 valence electrons. The normalized spacial score (nSPS) is 13.9. The lowest BCUT2D eigenvalue weighted by Crippen LogP contribution is -1.85. The topological polar surface area (TPSA) is 0 Å². The first-order chi connectivity index (χ1) is 8.40. The molecule has 0 aliphatic heterocycles. The van der Waals surface area contributed by atoms with E-state index in [4.69, 9.17) is 0 Å². The Morgan fingerprint density at radius 3 is 2.35 bits per heavy atom. The lowest BCUT2D eigenvalue weighted by atomic mass is 9.99. The molecular weight excluding hydrogens is 204 g/mol. The molecule has 17 heavy (non-hydrogen) atoms. The molecule has 3 rings (SSSR count). The van der Waals surface area contributed by atoms with Crippen molar-refractivity contribution in [2.24, 2.45) is 0 Å². The van der Waals surface area contributed by atoms with Gasteiger partial charge in [-0.2, -0.15) is 0 Å². The van der Waals surface area contributed by atoms with Crippen LogP contribution >= 0.6 is 0 Å². The number of hydrogen-bond donors (Lipinski definition) is 0. The van der Waals surface area contributed by atoms with Crippen LogP contribution in [0.1, 0.15) is 30.0 Å². The average molecular weight is 220 g/mol. The molecule has 0 saturated heterocycles. The van der Waals surface area contributed by atoms with E-state index < -0.39 is 0 Å². The molecule has 0 nitrogen and oxygen atoms in total. The zero-order chi connectivity index (χ0) is 11.7. The molecule has 1 aliphatic rings. The summed E-state index contributed by atoms with van der Waals surface area (Å²) in [7, 11) is 0. The minimum absolute atomic E-state index is 1.09. The molecule has 0 heterocycles. The van der Waals surface area contributed by atoms with Crippen LogP contribution in [0.25, 0.3) is 11.1 Å². The van der Waals surface area contributed by atoms with Crippen molar-refractivity contribution in [2.45, 2.75) is 19.8 Å². The Balaban J connectivity index is 2.13. The largest absolute Gasteiger partial charge is 0.0622 e. The van der Waals surface area contributed by atoms with E-state index in [0.717, 1.165) is 12.8 Å². The minimum atomic E-state index is 1.09. The fourth-order valence-electron chi connectivity index (χ4n) is 2.75. The highest BCUT2D eigenvalue weighted by Crippen LogP contribution is 2.39. The van der Waals surface area contributed by atoms with E-state index in [0.29, 0.717) is 0 Å². The van der Waals surface area contributed by atoms with E-state index >= 15 is 0 Å². The Morgan fingerprint density at radius 2 is 1.59 bits per heavy atom. The van der Waals surface area contributed by atoms with E-state index in [1.165, 1.54) is 27.8 Å². The summed E-state index contributed by atoms with van der Waals surface area (Å²) >= 11 is 0. The second-order valence-corrected chi connectivity index (χ2v) is 4.51. The van der Waals surface area contributed by atoms with Crippen LogP contribution < -0.4 is 0 Å². The molecule has 0 N–H and O–H groups in total. The molecule has 0 amide bonds. The highest BCUT2D eigenvalue weighted by Gasteiger charge is 2.20. The average Bonchev–Trinajstić information content (AvgIpc) is 2.78. The highest BCUT2D eigenvalue weighted by molar-refractivity contribution is 5.96. The van der Waals surface area contributed by atoms with Crippen molar-refractivity contribution < 1.29 is 0 Å². The van der Waals surface area contributed by atoms with E-state index in [1.54, 1.807) is 0 Å². The second kappa shape index (κ2) is 4.21. The molecule has 1 aliphatic carbocycles. The van der Waals surface area contributed by atoms with Crippen LogP contribution in [0.4, 0.5) is 0 Å². The number of hydrogen-bond acceptors (Lipinski definition) is 0. The number of rotatable bonds is 2. The van der Waals surface area contributed by atoms with Crippen molar-refractivity contribution in [1.82, 2.24) is 0 Å². The van der Waals surface area contributed by atoms with Crippen LogP contribution in [-0.4, -0.2) is 0 Å². The van der Waals surface area contributed by atoms with Gasteiger partial charge >= 0.3 is 0 Å². The maximum absolute atomic E-state index is 2.25. The van der Waals surface area contributed by atoms with Crippen molar-refractivity contribution in [3.05, 3.63) is 71.3 Å². The monoisotopic (exact) mass is 220 g/mol. The molecule has 0 spiro atoms. The van der Waals surface area contributed by atoms with Crippen molar-refractivity contribution in [2.75, 3.05) is 0 Å². The minimum Gasteiger partial charge on any atom is -0.0622 e. The molecule has 0 fully saturated rings. The molecule has 0 atom stereocenters. The van der Waals surface area contributed by atoms with Crippen molar-refractivity contribution in [3.63, 3.8) is 0 Å². The molecule has 0 aromatic heterocycles. The van der Waals surface area contributed by atoms with Gasteiger partial charge in [-0.3, -0.25) is 0 Å². The summed E-state index contributed by atoms with van der Waals surface area (Å²) in [4.78, 5) is 0. The maximum atomic E-state index is 2.25. The van der Waals surface area contributed by atoms with Crippen LogP contribution in [0.5, 0.6) is 0 Å². The predicted octanol–water partition coefficient (Wildman–Crippen LogP) is 4.56. The zero-order valence-corrected chi connectivity index (χ0v) is 10.1. The maximum Gasteiger partial charge on any atom is -0.00108 e. The molecule has 0 unspecified atom stereocenters. The molecular formula is C17H16. The molecule has 0 radical (unpaired) electrons. The summed E-state index contributed by atoms with van der Waals surface area (Å²) < 4.78 is 0. The standard InChI is InChI=1S/C17H16/c1-2-15-16-11-7-6-10-14(16)12-17(15)13-8-4-3-5-9-13/h3-11H,2,12H2,1H3. The highest BCUT2D eigenvalue weighted by atomic mass is 14.2. The second-order valence-electron chi connectivity index (χ2n) is 4.51. The molecule has 0 bridgehead atoms. The fraction of sp³-hybridized carbons (Fsp3) is 0.176. The smallest absolute Gasteiger partial charge is 0.00108 e. The third kappa shape index (κ3) is 1.70. The van der Waals surface area contributed by atoms with Crippen LogP contribution in [0, 0.1) is 0 Å². The quantitative estimate of drug-likeness (QED) is 0.695. The summed E-state index contributed by atoms with van der Waals surface area (Å²) in [6, 6.07) is 19.6. The predicted molar refractivity (Wildman–Crippen MR) is 73.7 cm³/mol. The van der Waals surface area contributed by atoms with E-state index in [-0.39, 0.29) is 0 Å². The molecule has 2 aromatic rings. The van der Waals surface area contributed by atoms with Gasteiger partial charge < -0.3 is 0 Å². The van der Waals surface area contributed by atoms with E-state index in [2.05, 4.69) is 61.5 Å². The van der Waals surface area contributed by atoms with Crippen LogP contribution in [-0.2, 0) is 6.42 Å². The van der Waals surface area contributed by atoms with Crippen LogP contribution in [0.3, 0.4) is 0 Å². The Bertz CT molecular complexity index is 562. The first-order valence-electron chi connectivity index (χ1n) is 6.26. The van der Waals surface area contributed by atoms with Crippen molar-refractivity contribution >= 4 is 11.1 Å². The van der Waals surface area contributed by atoms with E-state index in [9.17, 15) is 0 Å². The fourth-order valence-corrected chi connectivity index (χ4v) is 2.75. The van der Waals surface area contributed by atoms with Gasteiger partial charge in [-0.1, -0.05) is 61.5 Å². The van der Waals surface area contributed by atoms with Crippen LogP contribution in [0.2, 0.25) is 0 Å². The lowest BCUT2D eigenvalue weighted by Gasteiger charge is -2.06. The third-order valence-electron chi connectivity index (χ3n) is 3.55. The molecule has 0 saturated carbocycles. The molecule has 0 heteroatoms. The zero-order valence-electron chi connectivity index (χ0n) is 10.1. The van der Waals surface area contributed by atoms with Gasteiger partial charge in [0.25, 0.3) is 0 Å². The van der Waals surface area contributed by atoms with Gasteiger partial charge in [0, 0.05) is 0 Å².